The van der Waals surface area contributed by atoms with E-state index in [-0.39, 0.29) is 11.7 Å². The van der Waals surface area contributed by atoms with Gasteiger partial charge in [0.15, 0.2) is 0 Å². The van der Waals surface area contributed by atoms with Crippen molar-refractivity contribution in [1.29, 1.82) is 0 Å². The fourth-order valence-electron chi connectivity index (χ4n) is 4.44. The molecule has 4 N–H and O–H groups in total. The van der Waals surface area contributed by atoms with Crippen LogP contribution in [0.5, 0.6) is 5.75 Å². The second-order valence-electron chi connectivity index (χ2n) is 8.70. The maximum atomic E-state index is 14.0. The van der Waals surface area contributed by atoms with Crippen molar-refractivity contribution in [1.82, 2.24) is 25.1 Å². The van der Waals surface area contributed by atoms with Crippen LogP contribution >= 0.6 is 0 Å². The van der Waals surface area contributed by atoms with Crippen LogP contribution in [0.3, 0.4) is 0 Å². The van der Waals surface area contributed by atoms with E-state index in [1.165, 1.54) is 12.1 Å². The largest absolute Gasteiger partial charge is 0.508 e. The predicted molar refractivity (Wildman–Crippen MR) is 140 cm³/mol. The second kappa shape index (κ2) is 8.87. The van der Waals surface area contributed by atoms with E-state index in [0.29, 0.717) is 29.1 Å². The third-order valence-electron chi connectivity index (χ3n) is 6.20. The lowest BCUT2D eigenvalue weighted by Crippen LogP contribution is -2.09. The molecule has 182 valence electrons. The maximum Gasteiger partial charge on any atom is 0.224 e. The molecule has 6 rings (SSSR count). The molecule has 1 amide bonds. The number of nitrogens with one attached hydrogen (secondary N) is 3. The Morgan fingerprint density at radius 1 is 1.00 bits per heavy atom. The Hall–Kier alpha value is -5.05. The summed E-state index contributed by atoms with van der Waals surface area (Å²) in [6.07, 6.45) is 5.37. The van der Waals surface area contributed by atoms with Crippen LogP contribution in [0.1, 0.15) is 13.3 Å². The molecule has 0 fully saturated rings. The summed E-state index contributed by atoms with van der Waals surface area (Å²) in [6, 6.07) is 15.4. The smallest absolute Gasteiger partial charge is 0.224 e. The number of hydrogen-bond acceptors (Lipinski definition) is 5. The highest BCUT2D eigenvalue weighted by molar-refractivity contribution is 6.01. The summed E-state index contributed by atoms with van der Waals surface area (Å²) in [4.78, 5) is 24.0. The zero-order valence-electron chi connectivity index (χ0n) is 19.7. The molecule has 2 aromatic carbocycles. The van der Waals surface area contributed by atoms with Crippen molar-refractivity contribution in [3.05, 3.63) is 79.0 Å². The maximum absolute atomic E-state index is 14.0. The van der Waals surface area contributed by atoms with Gasteiger partial charge in [0.1, 0.15) is 17.3 Å². The first-order valence-electron chi connectivity index (χ1n) is 11.7. The molecule has 0 spiro atoms. The first-order chi connectivity index (χ1) is 18.0. The van der Waals surface area contributed by atoms with Crippen LogP contribution in [-0.4, -0.2) is 36.2 Å². The minimum atomic E-state index is -0.506. The summed E-state index contributed by atoms with van der Waals surface area (Å²) in [7, 11) is 0. The molecule has 0 aliphatic carbocycles. The van der Waals surface area contributed by atoms with E-state index >= 15 is 0 Å². The lowest BCUT2D eigenvalue weighted by Gasteiger charge is -2.06. The number of phenolic OH excluding ortho intramolecular Hbond substituents is 1. The Labute approximate surface area is 210 Å². The van der Waals surface area contributed by atoms with Crippen molar-refractivity contribution in [3.63, 3.8) is 0 Å². The van der Waals surface area contributed by atoms with Gasteiger partial charge in [-0.2, -0.15) is 5.10 Å². The fraction of sp³-hybridized carbons (Fsp3) is 0.0714. The van der Waals surface area contributed by atoms with Gasteiger partial charge in [0, 0.05) is 40.5 Å². The highest BCUT2D eigenvalue weighted by Gasteiger charge is 2.16. The monoisotopic (exact) mass is 492 g/mol. The number of hydrogen-bond donors (Lipinski definition) is 4. The lowest BCUT2D eigenvalue weighted by molar-refractivity contribution is -0.115. The first-order valence-corrected chi connectivity index (χ1v) is 11.7. The number of pyridine rings is 2. The van der Waals surface area contributed by atoms with Crippen molar-refractivity contribution in [2.75, 3.05) is 5.32 Å². The molecule has 9 heteroatoms. The Bertz CT molecular complexity index is 1790. The van der Waals surface area contributed by atoms with E-state index in [9.17, 15) is 14.3 Å². The molecular weight excluding hydrogens is 471 g/mol. The van der Waals surface area contributed by atoms with Gasteiger partial charge in [0.2, 0.25) is 5.91 Å². The number of benzene rings is 2. The first kappa shape index (κ1) is 22.4. The van der Waals surface area contributed by atoms with Crippen molar-refractivity contribution < 1.29 is 14.3 Å². The van der Waals surface area contributed by atoms with Crippen LogP contribution in [0.4, 0.5) is 10.1 Å². The highest BCUT2D eigenvalue weighted by Crippen LogP contribution is 2.36. The van der Waals surface area contributed by atoms with Crippen LogP contribution < -0.4 is 5.32 Å². The molecule has 0 atom stereocenters. The summed E-state index contributed by atoms with van der Waals surface area (Å²) >= 11 is 0. The predicted octanol–water partition coefficient (Wildman–Crippen LogP) is 6.03. The Kier molecular flexibility index (Phi) is 5.37. The number of aromatic nitrogens is 5. The molecule has 0 saturated carbocycles. The number of amides is 1. The SMILES string of the molecule is CCC(=O)Nc1cncc(-c2cc3c(-c4cc5c(-c6cc(O)cc(F)c6)cccc5[nH]4)n[nH]c3cn2)c1. The van der Waals surface area contributed by atoms with E-state index < -0.39 is 5.82 Å². The highest BCUT2D eigenvalue weighted by atomic mass is 19.1. The Balaban J connectivity index is 1.43. The molecule has 8 nitrogen and oxygen atoms in total. The molecule has 0 saturated heterocycles. The molecule has 0 unspecified atom stereocenters. The van der Waals surface area contributed by atoms with Crippen molar-refractivity contribution in [3.8, 4) is 39.5 Å². The van der Waals surface area contributed by atoms with Crippen molar-refractivity contribution in [2.24, 2.45) is 0 Å². The molecule has 0 aliphatic rings. The molecule has 0 radical (unpaired) electrons. The second-order valence-corrected chi connectivity index (χ2v) is 8.70. The van der Waals surface area contributed by atoms with Crippen LogP contribution in [0.2, 0.25) is 0 Å². The number of phenols is 1. The van der Waals surface area contributed by atoms with Gasteiger partial charge in [-0.15, -0.1) is 0 Å². The van der Waals surface area contributed by atoms with Gasteiger partial charge in [0.05, 0.1) is 35.0 Å². The number of carbonyl (C=O) groups excluding carboxylic acids is 1. The third kappa shape index (κ3) is 4.16. The number of aromatic amines is 2. The van der Waals surface area contributed by atoms with Crippen molar-refractivity contribution in [2.45, 2.75) is 13.3 Å². The number of H-pyrrole nitrogens is 2. The number of carbonyl (C=O) groups is 1. The number of halogens is 1. The van der Waals surface area contributed by atoms with Gasteiger partial charge in [-0.25, -0.2) is 4.39 Å². The quantitative estimate of drug-likeness (QED) is 0.234. The minimum absolute atomic E-state index is 0.0916. The van der Waals surface area contributed by atoms with E-state index in [0.717, 1.165) is 44.7 Å². The normalized spacial score (nSPS) is 11.3. The summed E-state index contributed by atoms with van der Waals surface area (Å²) in [5, 5.41) is 22.0. The molecule has 0 bridgehead atoms. The summed E-state index contributed by atoms with van der Waals surface area (Å²) in [6.45, 7) is 1.79. The zero-order chi connectivity index (χ0) is 25.5. The number of anilines is 1. The molecular formula is C28H21FN6O2. The Morgan fingerprint density at radius 2 is 1.89 bits per heavy atom. The van der Waals surface area contributed by atoms with Gasteiger partial charge in [-0.1, -0.05) is 19.1 Å². The van der Waals surface area contributed by atoms with Gasteiger partial charge in [0.25, 0.3) is 0 Å². The number of nitrogens with zero attached hydrogens (tertiary/aromatic N) is 3. The topological polar surface area (TPSA) is 120 Å². The van der Waals surface area contributed by atoms with Crippen LogP contribution in [0.25, 0.3) is 55.6 Å². The third-order valence-corrected chi connectivity index (χ3v) is 6.20. The standard InChI is InChI=1S/C28H21FN6O2/c1-2-27(37)32-18-7-16(12-30-13-18)24-11-22-26(14-31-24)34-35-28(22)25-10-21-20(4-3-5-23(21)33-25)15-6-17(29)9-19(36)8-15/h3-14,33,36H,2H2,1H3,(H,32,37)(H,34,35). The van der Waals surface area contributed by atoms with Crippen LogP contribution in [0, 0.1) is 5.82 Å². The Morgan fingerprint density at radius 3 is 2.73 bits per heavy atom. The average molecular weight is 493 g/mol. The van der Waals surface area contributed by atoms with E-state index in [2.05, 4.69) is 30.5 Å². The van der Waals surface area contributed by atoms with E-state index in [1.807, 2.05) is 36.4 Å². The minimum Gasteiger partial charge on any atom is -0.508 e. The average Bonchev–Trinajstić information content (AvgIpc) is 3.51. The molecule has 4 aromatic heterocycles. The summed E-state index contributed by atoms with van der Waals surface area (Å²) in [5.41, 5.74) is 6.49. The van der Waals surface area contributed by atoms with E-state index in [1.54, 1.807) is 25.5 Å². The van der Waals surface area contributed by atoms with E-state index in [4.69, 9.17) is 0 Å². The number of fused-ring (bicyclic) bond motifs is 2. The van der Waals surface area contributed by atoms with Gasteiger partial charge in [-0.3, -0.25) is 19.9 Å². The lowest BCUT2D eigenvalue weighted by atomic mass is 10.0. The zero-order valence-corrected chi connectivity index (χ0v) is 19.7. The fourth-order valence-corrected chi connectivity index (χ4v) is 4.44. The molecule has 37 heavy (non-hydrogen) atoms. The van der Waals surface area contributed by atoms with Crippen LogP contribution in [0.15, 0.2) is 73.2 Å². The van der Waals surface area contributed by atoms with Gasteiger partial charge in [-0.05, 0) is 47.5 Å². The summed E-state index contributed by atoms with van der Waals surface area (Å²) < 4.78 is 14.0. The molecule has 6 aromatic rings. The number of rotatable bonds is 5. The number of aromatic hydroxyl groups is 1. The van der Waals surface area contributed by atoms with Crippen molar-refractivity contribution >= 4 is 33.4 Å². The molecule has 0 aliphatic heterocycles. The van der Waals surface area contributed by atoms with Crippen LogP contribution in [-0.2, 0) is 4.79 Å². The van der Waals surface area contributed by atoms with Gasteiger partial charge >= 0.3 is 0 Å². The summed E-state index contributed by atoms with van der Waals surface area (Å²) in [5.74, 6) is -0.728. The van der Waals surface area contributed by atoms with Gasteiger partial charge < -0.3 is 15.4 Å². The molecule has 4 heterocycles.